The molecule has 1 aliphatic rings. The van der Waals surface area contributed by atoms with Crippen LogP contribution in [-0.4, -0.2) is 22.8 Å². The van der Waals surface area contributed by atoms with Crippen LogP contribution in [0.5, 0.6) is 0 Å². The Balaban J connectivity index is 2.58. The Morgan fingerprint density at radius 3 is 2.67 bits per heavy atom. The molecule has 1 amide bonds. The third-order valence-corrected chi connectivity index (χ3v) is 3.24. The molecule has 96 valence electrons. The fourth-order valence-electron chi connectivity index (χ4n) is 1.81. The molecular weight excluding hydrogens is 286 g/mol. The molecule has 0 bridgehead atoms. The van der Waals surface area contributed by atoms with Crippen molar-refractivity contribution < 1.29 is 14.1 Å². The Morgan fingerprint density at radius 2 is 2.17 bits per heavy atom. The van der Waals surface area contributed by atoms with Crippen LogP contribution >= 0.6 is 23.2 Å². The maximum atomic E-state index is 13.4. The number of hydrogen-bond donors (Lipinski definition) is 0. The molecule has 0 radical (unpaired) electrons. The first-order chi connectivity index (χ1) is 8.41. The Kier molecular flexibility index (Phi) is 3.41. The molecule has 1 aromatic rings. The molecule has 1 unspecified atom stereocenters. The number of nitro benzene ring substituents is 1. The molecule has 2 rings (SSSR count). The smallest absolute Gasteiger partial charge is 0.294 e. The number of nitrogens with zero attached hydrogens (tertiary/aromatic N) is 2. The zero-order valence-electron chi connectivity index (χ0n) is 8.90. The largest absolute Gasteiger partial charge is 0.304 e. The summed E-state index contributed by atoms with van der Waals surface area (Å²) in [5.41, 5.74) is -0.643. The highest BCUT2D eigenvalue weighted by Crippen LogP contribution is 2.39. The van der Waals surface area contributed by atoms with Crippen molar-refractivity contribution in [2.24, 2.45) is 0 Å². The van der Waals surface area contributed by atoms with E-state index in [9.17, 15) is 19.3 Å². The van der Waals surface area contributed by atoms with E-state index >= 15 is 0 Å². The summed E-state index contributed by atoms with van der Waals surface area (Å²) in [4.78, 5) is 22.9. The van der Waals surface area contributed by atoms with Crippen LogP contribution in [0.15, 0.2) is 12.1 Å². The van der Waals surface area contributed by atoms with E-state index in [1.165, 1.54) is 0 Å². The molecule has 0 aromatic heterocycles. The lowest BCUT2D eigenvalue weighted by Crippen LogP contribution is -2.26. The number of hydrogen-bond acceptors (Lipinski definition) is 3. The molecule has 1 atom stereocenters. The molecule has 1 fully saturated rings. The van der Waals surface area contributed by atoms with Gasteiger partial charge in [0.25, 0.3) is 5.69 Å². The second kappa shape index (κ2) is 4.70. The Hall–Kier alpha value is -1.40. The van der Waals surface area contributed by atoms with Gasteiger partial charge in [0.2, 0.25) is 5.91 Å². The number of halogens is 3. The van der Waals surface area contributed by atoms with Gasteiger partial charge in [-0.05, 0) is 6.07 Å². The summed E-state index contributed by atoms with van der Waals surface area (Å²) >= 11 is 11.5. The van der Waals surface area contributed by atoms with Crippen LogP contribution < -0.4 is 4.90 Å². The lowest BCUT2D eigenvalue weighted by molar-refractivity contribution is -0.384. The summed E-state index contributed by atoms with van der Waals surface area (Å²) in [6.07, 6.45) is 0.0472. The fraction of sp³-hybridized carbons (Fsp3) is 0.300. The number of anilines is 1. The van der Waals surface area contributed by atoms with E-state index in [1.807, 2.05) is 0 Å². The van der Waals surface area contributed by atoms with Crippen LogP contribution in [0.1, 0.15) is 6.42 Å². The average molecular weight is 293 g/mol. The molecule has 8 heteroatoms. The van der Waals surface area contributed by atoms with Gasteiger partial charge < -0.3 is 4.90 Å². The topological polar surface area (TPSA) is 63.5 Å². The highest BCUT2D eigenvalue weighted by atomic mass is 35.5. The Bertz CT molecular complexity index is 538. The van der Waals surface area contributed by atoms with Crippen molar-refractivity contribution in [1.82, 2.24) is 0 Å². The van der Waals surface area contributed by atoms with Crippen LogP contribution in [-0.2, 0) is 4.79 Å². The number of nitro groups is 1. The minimum absolute atomic E-state index is 0.0472. The normalized spacial score (nSPS) is 19.4. The van der Waals surface area contributed by atoms with Crippen LogP contribution in [0, 0.1) is 15.9 Å². The number of alkyl halides is 1. The predicted molar refractivity (Wildman–Crippen MR) is 64.7 cm³/mol. The summed E-state index contributed by atoms with van der Waals surface area (Å²) in [6.45, 7) is 0.0738. The van der Waals surface area contributed by atoms with Crippen molar-refractivity contribution in [1.29, 1.82) is 0 Å². The molecule has 0 spiro atoms. The maximum Gasteiger partial charge on any atom is 0.294 e. The first-order valence-corrected chi connectivity index (χ1v) is 5.80. The summed E-state index contributed by atoms with van der Waals surface area (Å²) in [5.74, 6) is -1.23. The lowest BCUT2D eigenvalue weighted by Gasteiger charge is -2.17. The van der Waals surface area contributed by atoms with Crippen LogP contribution in [0.4, 0.5) is 15.8 Å². The van der Waals surface area contributed by atoms with E-state index in [1.54, 1.807) is 0 Å². The minimum Gasteiger partial charge on any atom is -0.304 e. The van der Waals surface area contributed by atoms with Crippen molar-refractivity contribution in [2.45, 2.75) is 11.8 Å². The van der Waals surface area contributed by atoms with Gasteiger partial charge in [-0.3, -0.25) is 14.9 Å². The first kappa shape index (κ1) is 13.0. The molecule has 1 heterocycles. The number of carbonyl (C=O) groups is 1. The number of amides is 1. The Labute approximate surface area is 111 Å². The molecule has 5 nitrogen and oxygen atoms in total. The van der Waals surface area contributed by atoms with Crippen molar-refractivity contribution in [2.75, 3.05) is 11.4 Å². The van der Waals surface area contributed by atoms with E-state index in [2.05, 4.69) is 0 Å². The van der Waals surface area contributed by atoms with Crippen LogP contribution in [0.3, 0.4) is 0 Å². The van der Waals surface area contributed by atoms with E-state index in [4.69, 9.17) is 23.2 Å². The molecule has 18 heavy (non-hydrogen) atoms. The third-order valence-electron chi connectivity index (χ3n) is 2.59. The van der Waals surface area contributed by atoms with E-state index < -0.39 is 32.7 Å². The highest BCUT2D eigenvalue weighted by molar-refractivity contribution is 6.35. The van der Waals surface area contributed by atoms with Gasteiger partial charge in [0.05, 0.1) is 10.3 Å². The summed E-state index contributed by atoms with van der Waals surface area (Å²) < 4.78 is 13.4. The van der Waals surface area contributed by atoms with E-state index in [0.29, 0.717) is 0 Å². The average Bonchev–Trinajstić information content (AvgIpc) is 2.61. The van der Waals surface area contributed by atoms with Gasteiger partial charge >= 0.3 is 0 Å². The second-order valence-corrected chi connectivity index (χ2v) is 4.79. The third kappa shape index (κ3) is 2.13. The van der Waals surface area contributed by atoms with Crippen LogP contribution in [0.25, 0.3) is 0 Å². The zero-order chi connectivity index (χ0) is 13.4. The van der Waals surface area contributed by atoms with Crippen molar-refractivity contribution in [3.05, 3.63) is 33.1 Å². The fourth-order valence-corrected chi connectivity index (χ4v) is 2.35. The summed E-state index contributed by atoms with van der Waals surface area (Å²) in [5, 5.41) is 9.98. The number of rotatable bonds is 2. The van der Waals surface area contributed by atoms with Gasteiger partial charge in [-0.2, -0.15) is 0 Å². The van der Waals surface area contributed by atoms with Crippen LogP contribution in [0.2, 0.25) is 5.02 Å². The molecule has 1 aromatic carbocycles. The molecule has 0 aliphatic carbocycles. The number of carbonyl (C=O) groups excluding carboxylic acids is 1. The molecule has 0 saturated carbocycles. The van der Waals surface area contributed by atoms with Gasteiger partial charge in [-0.1, -0.05) is 11.6 Å². The van der Waals surface area contributed by atoms with Gasteiger partial charge in [-0.25, -0.2) is 4.39 Å². The van der Waals surface area contributed by atoms with E-state index in [0.717, 1.165) is 17.0 Å². The summed E-state index contributed by atoms with van der Waals surface area (Å²) in [6, 6.07) is 1.87. The monoisotopic (exact) mass is 292 g/mol. The van der Waals surface area contributed by atoms with Gasteiger partial charge in [0, 0.05) is 19.0 Å². The van der Waals surface area contributed by atoms with Crippen molar-refractivity contribution in [3.8, 4) is 0 Å². The zero-order valence-corrected chi connectivity index (χ0v) is 10.4. The Morgan fingerprint density at radius 1 is 1.50 bits per heavy atom. The second-order valence-electron chi connectivity index (χ2n) is 3.79. The van der Waals surface area contributed by atoms with Gasteiger partial charge in [-0.15, -0.1) is 11.6 Å². The maximum absolute atomic E-state index is 13.4. The lowest BCUT2D eigenvalue weighted by atomic mass is 10.2. The standard InChI is InChI=1S/C10H7Cl2FN2O3/c11-5-3-8(16)14(4-5)10-7(15(17)18)2-1-6(13)9(10)12/h1-2,5H,3-4H2. The van der Waals surface area contributed by atoms with Gasteiger partial charge in [0.15, 0.2) is 0 Å². The quantitative estimate of drug-likeness (QED) is 0.478. The molecule has 1 saturated heterocycles. The molecule has 0 N–H and O–H groups in total. The minimum atomic E-state index is -0.817. The summed E-state index contributed by atoms with van der Waals surface area (Å²) in [7, 11) is 0. The molecule has 1 aliphatic heterocycles. The predicted octanol–water partition coefficient (Wildman–Crippen LogP) is 2.73. The highest BCUT2D eigenvalue weighted by Gasteiger charge is 2.35. The van der Waals surface area contributed by atoms with E-state index in [-0.39, 0.29) is 18.7 Å². The SMILES string of the molecule is O=C1CC(Cl)CN1c1c([N+](=O)[O-])ccc(F)c1Cl. The van der Waals surface area contributed by atoms with Crippen molar-refractivity contribution >= 4 is 40.5 Å². The van der Waals surface area contributed by atoms with Gasteiger partial charge in [0.1, 0.15) is 16.5 Å². The molecular formula is C10H7Cl2FN2O3. The first-order valence-electron chi connectivity index (χ1n) is 4.98. The number of benzene rings is 1. The van der Waals surface area contributed by atoms with Crippen molar-refractivity contribution in [3.63, 3.8) is 0 Å².